The lowest BCUT2D eigenvalue weighted by molar-refractivity contribution is -0.137. The number of H-pyrrole nitrogens is 1. The van der Waals surface area contributed by atoms with Crippen LogP contribution in [-0.4, -0.2) is 16.9 Å². The minimum atomic E-state index is -4.62. The third-order valence-corrected chi connectivity index (χ3v) is 6.10. The summed E-state index contributed by atoms with van der Waals surface area (Å²) in [6, 6.07) is 14.0. The number of urea groups is 1. The number of alkyl halides is 3. The second-order valence-electron chi connectivity index (χ2n) is 8.49. The molecule has 3 aromatic carbocycles. The SMILES string of the molecule is O=C(Nc1ccc(F)c(Nc2ccc3c(c2)NC(=O)C3=Cc2ccc[nH]2)c1)Nc1cc(C(F)(F)F)ccc1Cl. The maximum atomic E-state index is 14.6. The van der Waals surface area contributed by atoms with E-state index in [9.17, 15) is 27.2 Å². The van der Waals surface area contributed by atoms with Crippen molar-refractivity contribution in [1.82, 2.24) is 4.98 Å². The van der Waals surface area contributed by atoms with Gasteiger partial charge in [-0.2, -0.15) is 13.2 Å². The van der Waals surface area contributed by atoms with Crippen LogP contribution < -0.4 is 21.3 Å². The van der Waals surface area contributed by atoms with Gasteiger partial charge in [-0.1, -0.05) is 17.7 Å². The molecule has 39 heavy (non-hydrogen) atoms. The summed E-state index contributed by atoms with van der Waals surface area (Å²) in [5.41, 5.74) is 1.87. The van der Waals surface area contributed by atoms with Crippen LogP contribution in [0.3, 0.4) is 0 Å². The molecule has 0 saturated heterocycles. The molecule has 3 amide bonds. The zero-order valence-corrected chi connectivity index (χ0v) is 20.5. The first-order valence-corrected chi connectivity index (χ1v) is 11.8. The number of halogens is 5. The Bertz CT molecular complexity index is 1620. The number of hydrogen-bond donors (Lipinski definition) is 5. The lowest BCUT2D eigenvalue weighted by atomic mass is 10.1. The highest BCUT2D eigenvalue weighted by Crippen LogP contribution is 2.36. The van der Waals surface area contributed by atoms with Gasteiger partial charge in [-0.15, -0.1) is 0 Å². The van der Waals surface area contributed by atoms with E-state index >= 15 is 0 Å². The van der Waals surface area contributed by atoms with E-state index in [1.807, 2.05) is 12.1 Å². The van der Waals surface area contributed by atoms with Gasteiger partial charge in [0.2, 0.25) is 0 Å². The van der Waals surface area contributed by atoms with E-state index in [-0.39, 0.29) is 28.0 Å². The van der Waals surface area contributed by atoms with Crippen LogP contribution in [0.15, 0.2) is 72.9 Å². The largest absolute Gasteiger partial charge is 0.416 e. The van der Waals surface area contributed by atoms with E-state index < -0.39 is 23.6 Å². The highest BCUT2D eigenvalue weighted by atomic mass is 35.5. The second-order valence-corrected chi connectivity index (χ2v) is 8.90. The van der Waals surface area contributed by atoms with Crippen molar-refractivity contribution in [2.24, 2.45) is 0 Å². The standard InChI is InChI=1S/C27H18ClF4N5O2/c28-20-7-3-14(27(30,31)32)10-23(20)37-26(39)35-17-5-8-21(29)24(13-17)34-16-4-6-18-19(11-15-2-1-9-33-15)25(38)36-22(18)12-16/h1-13,33-34H,(H,36,38)(H2,35,37,39). The summed E-state index contributed by atoms with van der Waals surface area (Å²) < 4.78 is 53.5. The molecule has 0 unspecified atom stereocenters. The number of fused-ring (bicyclic) bond motifs is 1. The van der Waals surface area contributed by atoms with E-state index in [4.69, 9.17) is 11.6 Å². The van der Waals surface area contributed by atoms with Crippen molar-refractivity contribution in [2.75, 3.05) is 21.3 Å². The molecule has 0 aliphatic carbocycles. The molecule has 2 heterocycles. The Balaban J connectivity index is 1.31. The molecule has 0 saturated carbocycles. The van der Waals surface area contributed by atoms with E-state index in [2.05, 4.69) is 26.3 Å². The van der Waals surface area contributed by atoms with Gasteiger partial charge < -0.3 is 26.3 Å². The van der Waals surface area contributed by atoms with Crippen LogP contribution in [0, 0.1) is 5.82 Å². The van der Waals surface area contributed by atoms with Gasteiger partial charge in [0.25, 0.3) is 5.91 Å². The van der Waals surface area contributed by atoms with E-state index in [1.165, 1.54) is 12.1 Å². The van der Waals surface area contributed by atoms with E-state index in [0.29, 0.717) is 28.6 Å². The van der Waals surface area contributed by atoms with Gasteiger partial charge in [0, 0.05) is 28.8 Å². The summed E-state index contributed by atoms with van der Waals surface area (Å²) in [5, 5.41) is 10.3. The Morgan fingerprint density at radius 3 is 2.46 bits per heavy atom. The first-order valence-electron chi connectivity index (χ1n) is 11.4. The first-order chi connectivity index (χ1) is 18.6. The number of aromatic amines is 1. The van der Waals surface area contributed by atoms with E-state index in [0.717, 1.165) is 23.9 Å². The Morgan fingerprint density at radius 1 is 0.923 bits per heavy atom. The monoisotopic (exact) mass is 555 g/mol. The quantitative estimate of drug-likeness (QED) is 0.129. The highest BCUT2D eigenvalue weighted by Gasteiger charge is 2.31. The Hall–Kier alpha value is -4.77. The third-order valence-electron chi connectivity index (χ3n) is 5.77. The van der Waals surface area contributed by atoms with Gasteiger partial charge >= 0.3 is 12.2 Å². The normalized spacial score (nSPS) is 13.7. The molecule has 0 bridgehead atoms. The Labute approximate surface area is 223 Å². The number of rotatable bonds is 5. The predicted molar refractivity (Wildman–Crippen MR) is 143 cm³/mol. The van der Waals surface area contributed by atoms with Crippen LogP contribution in [0.1, 0.15) is 16.8 Å². The van der Waals surface area contributed by atoms with Crippen molar-refractivity contribution in [3.05, 3.63) is 101 Å². The van der Waals surface area contributed by atoms with Crippen LogP contribution in [-0.2, 0) is 11.0 Å². The molecular formula is C27H18ClF4N5O2. The number of benzene rings is 3. The van der Waals surface area contributed by atoms with Gasteiger partial charge in [0.05, 0.1) is 33.2 Å². The molecule has 0 atom stereocenters. The van der Waals surface area contributed by atoms with Crippen molar-refractivity contribution in [3.8, 4) is 0 Å². The van der Waals surface area contributed by atoms with Gasteiger partial charge in [0.1, 0.15) is 5.82 Å². The minimum Gasteiger partial charge on any atom is -0.362 e. The maximum Gasteiger partial charge on any atom is 0.416 e. The summed E-state index contributed by atoms with van der Waals surface area (Å²) in [6.07, 6.45) is -1.15. The van der Waals surface area contributed by atoms with Crippen LogP contribution >= 0.6 is 11.6 Å². The van der Waals surface area contributed by atoms with Gasteiger partial charge in [0.15, 0.2) is 0 Å². The number of carbonyl (C=O) groups is 2. The molecule has 5 N–H and O–H groups in total. The number of hydrogen-bond acceptors (Lipinski definition) is 3. The van der Waals surface area contributed by atoms with Crippen molar-refractivity contribution in [2.45, 2.75) is 6.18 Å². The van der Waals surface area contributed by atoms with Gasteiger partial charge in [-0.05, 0) is 66.7 Å². The van der Waals surface area contributed by atoms with Crippen molar-refractivity contribution in [1.29, 1.82) is 0 Å². The topological polar surface area (TPSA) is 98.1 Å². The highest BCUT2D eigenvalue weighted by molar-refractivity contribution is 6.35. The van der Waals surface area contributed by atoms with Crippen LogP contribution in [0.5, 0.6) is 0 Å². The summed E-state index contributed by atoms with van der Waals surface area (Å²) in [4.78, 5) is 27.9. The summed E-state index contributed by atoms with van der Waals surface area (Å²) in [7, 11) is 0. The molecule has 1 aliphatic heterocycles. The van der Waals surface area contributed by atoms with Crippen LogP contribution in [0.2, 0.25) is 5.02 Å². The molecular weight excluding hydrogens is 538 g/mol. The average molecular weight is 556 g/mol. The number of nitrogens with one attached hydrogen (secondary N) is 5. The van der Waals surface area contributed by atoms with Gasteiger partial charge in [-0.3, -0.25) is 4.79 Å². The molecule has 0 radical (unpaired) electrons. The first kappa shape index (κ1) is 25.9. The van der Waals surface area contributed by atoms with Gasteiger partial charge in [-0.25, -0.2) is 9.18 Å². The van der Waals surface area contributed by atoms with Crippen LogP contribution in [0.4, 0.5) is 50.8 Å². The molecule has 1 aliphatic rings. The van der Waals surface area contributed by atoms with Crippen molar-refractivity contribution >= 4 is 63.6 Å². The molecule has 0 fully saturated rings. The maximum absolute atomic E-state index is 14.6. The fourth-order valence-electron chi connectivity index (χ4n) is 3.94. The molecule has 12 heteroatoms. The summed E-state index contributed by atoms with van der Waals surface area (Å²) >= 11 is 5.92. The number of anilines is 5. The number of aromatic nitrogens is 1. The zero-order chi connectivity index (χ0) is 27.7. The predicted octanol–water partition coefficient (Wildman–Crippen LogP) is 7.71. The van der Waals surface area contributed by atoms with Crippen LogP contribution in [0.25, 0.3) is 11.6 Å². The lowest BCUT2D eigenvalue weighted by Crippen LogP contribution is -2.20. The molecule has 5 rings (SSSR count). The Morgan fingerprint density at radius 2 is 1.72 bits per heavy atom. The fourth-order valence-corrected chi connectivity index (χ4v) is 4.11. The molecule has 0 spiro atoms. The smallest absolute Gasteiger partial charge is 0.362 e. The Kier molecular flexibility index (Phi) is 6.75. The second kappa shape index (κ2) is 10.2. The molecule has 198 valence electrons. The van der Waals surface area contributed by atoms with Crippen molar-refractivity contribution < 1.29 is 27.2 Å². The minimum absolute atomic E-state index is 0.0105. The molecule has 7 nitrogen and oxygen atoms in total. The summed E-state index contributed by atoms with van der Waals surface area (Å²) in [6.45, 7) is 0. The molecule has 4 aromatic rings. The third kappa shape index (κ3) is 5.73. The number of amides is 3. The number of carbonyl (C=O) groups excluding carboxylic acids is 2. The zero-order valence-electron chi connectivity index (χ0n) is 19.7. The fraction of sp³-hybridized carbons (Fsp3) is 0.0370. The molecule has 1 aromatic heterocycles. The van der Waals surface area contributed by atoms with E-state index in [1.54, 1.807) is 30.5 Å². The van der Waals surface area contributed by atoms with Crippen molar-refractivity contribution in [3.63, 3.8) is 0 Å². The lowest BCUT2D eigenvalue weighted by Gasteiger charge is -2.14. The average Bonchev–Trinajstić information content (AvgIpc) is 3.49. The summed E-state index contributed by atoms with van der Waals surface area (Å²) in [5.74, 6) is -0.903.